The molecule has 4 N–H and O–H groups in total. The summed E-state index contributed by atoms with van der Waals surface area (Å²) >= 11 is 12.6. The van der Waals surface area contributed by atoms with Gasteiger partial charge in [-0.2, -0.15) is 0 Å². The average Bonchev–Trinajstić information content (AvgIpc) is 3.32. The van der Waals surface area contributed by atoms with Crippen molar-refractivity contribution in [2.45, 2.75) is 31.0 Å². The number of carbonyl (C=O) groups excluding carboxylic acids is 1. The van der Waals surface area contributed by atoms with Gasteiger partial charge in [0.15, 0.2) is 0 Å². The van der Waals surface area contributed by atoms with Crippen LogP contribution in [0, 0.1) is 13.8 Å². The van der Waals surface area contributed by atoms with Crippen LogP contribution in [0.15, 0.2) is 41.3 Å². The van der Waals surface area contributed by atoms with Gasteiger partial charge in [0.05, 0.1) is 35.3 Å². The van der Waals surface area contributed by atoms with Crippen LogP contribution in [0.4, 0.5) is 5.69 Å². The molecule has 1 atom stereocenters. The van der Waals surface area contributed by atoms with Crippen molar-refractivity contribution in [2.75, 3.05) is 31.6 Å². The summed E-state index contributed by atoms with van der Waals surface area (Å²) in [5.41, 5.74) is 7.00. The minimum Gasteiger partial charge on any atom is -0.412 e. The topological polar surface area (TPSA) is 106 Å². The molecule has 1 unspecified atom stereocenters. The van der Waals surface area contributed by atoms with E-state index in [2.05, 4.69) is 29.0 Å². The highest BCUT2D eigenvalue weighted by Gasteiger charge is 2.26. The van der Waals surface area contributed by atoms with E-state index >= 15 is 0 Å². The molecular weight excluding hydrogens is 533 g/mol. The van der Waals surface area contributed by atoms with Crippen molar-refractivity contribution in [3.8, 4) is 0 Å². The normalized spacial score (nSPS) is 17.4. The summed E-state index contributed by atoms with van der Waals surface area (Å²) in [6.45, 7) is 8.32. The molecule has 1 saturated heterocycles. The van der Waals surface area contributed by atoms with Crippen LogP contribution in [0.1, 0.15) is 33.6 Å². The van der Waals surface area contributed by atoms with Crippen LogP contribution < -0.4 is 5.32 Å². The Bertz CT molecular complexity index is 1380. The van der Waals surface area contributed by atoms with Gasteiger partial charge in [0.25, 0.3) is 5.91 Å². The minimum atomic E-state index is -1.39. The summed E-state index contributed by atoms with van der Waals surface area (Å²) < 4.78 is 18.7. The number of hydrogen-bond donors (Lipinski definition) is 2. The first kappa shape index (κ1) is 27.6. The lowest BCUT2D eigenvalue weighted by Crippen LogP contribution is -2.35. The van der Waals surface area contributed by atoms with E-state index in [4.69, 9.17) is 27.9 Å². The zero-order chi connectivity index (χ0) is 25.4. The number of aromatic nitrogens is 1. The molecule has 2 aliphatic rings. The molecule has 1 aromatic heterocycles. The van der Waals surface area contributed by atoms with Gasteiger partial charge in [0.1, 0.15) is 0 Å². The molecule has 37 heavy (non-hydrogen) atoms. The lowest BCUT2D eigenvalue weighted by atomic mass is 10.0. The molecular formula is C27H29Cl2N3O4S. The molecule has 0 spiro atoms. The van der Waals surface area contributed by atoms with Crippen LogP contribution in [-0.2, 0) is 32.6 Å². The SMILES string of the molecule is Cc1[nH]c(/C=C2\C(=O)Nc3ccc(S(=O)Cc4c(Cl)cccc4Cl)cc32)c(C)c1CN1CCOCC1.O. The highest BCUT2D eigenvalue weighted by molar-refractivity contribution is 7.84. The van der Waals surface area contributed by atoms with Crippen molar-refractivity contribution in [3.63, 3.8) is 0 Å². The molecule has 5 rings (SSSR count). The molecule has 2 aromatic carbocycles. The van der Waals surface area contributed by atoms with E-state index in [-0.39, 0.29) is 17.1 Å². The summed E-state index contributed by atoms with van der Waals surface area (Å²) in [5.74, 6) is 0.0147. The number of aryl methyl sites for hydroxylation is 1. The van der Waals surface area contributed by atoms with Crippen molar-refractivity contribution in [2.24, 2.45) is 0 Å². The molecule has 2 aliphatic heterocycles. The Morgan fingerprint density at radius 1 is 1.08 bits per heavy atom. The molecule has 0 radical (unpaired) electrons. The zero-order valence-corrected chi connectivity index (χ0v) is 22.9. The monoisotopic (exact) mass is 561 g/mol. The number of H-pyrrole nitrogens is 1. The number of morpholine rings is 1. The third-order valence-electron chi connectivity index (χ3n) is 6.78. The van der Waals surface area contributed by atoms with Gasteiger partial charge < -0.3 is 20.5 Å². The van der Waals surface area contributed by atoms with Gasteiger partial charge in [-0.3, -0.25) is 13.9 Å². The molecule has 1 fully saturated rings. The second-order valence-corrected chi connectivity index (χ2v) is 11.3. The number of hydrogen-bond acceptors (Lipinski definition) is 4. The van der Waals surface area contributed by atoms with Gasteiger partial charge in [0, 0.05) is 62.8 Å². The summed E-state index contributed by atoms with van der Waals surface area (Å²) in [4.78, 5) is 19.3. The number of carbonyl (C=O) groups is 1. The van der Waals surface area contributed by atoms with Crippen molar-refractivity contribution >= 4 is 57.2 Å². The van der Waals surface area contributed by atoms with Gasteiger partial charge in [-0.1, -0.05) is 29.3 Å². The number of benzene rings is 2. The number of fused-ring (bicyclic) bond motifs is 1. The lowest BCUT2D eigenvalue weighted by molar-refractivity contribution is -0.110. The van der Waals surface area contributed by atoms with Crippen LogP contribution in [0.5, 0.6) is 0 Å². The van der Waals surface area contributed by atoms with Crippen LogP contribution in [-0.4, -0.2) is 51.8 Å². The highest BCUT2D eigenvalue weighted by Crippen LogP contribution is 2.36. The molecule has 3 aromatic rings. The van der Waals surface area contributed by atoms with E-state index in [1.165, 1.54) is 5.56 Å². The Hall–Kier alpha value is -2.46. The van der Waals surface area contributed by atoms with Gasteiger partial charge in [-0.15, -0.1) is 0 Å². The quantitative estimate of drug-likeness (QED) is 0.423. The second kappa shape index (κ2) is 11.5. The zero-order valence-electron chi connectivity index (χ0n) is 20.6. The molecule has 7 nitrogen and oxygen atoms in total. The van der Waals surface area contributed by atoms with E-state index in [1.807, 2.05) is 12.1 Å². The number of amides is 1. The Morgan fingerprint density at radius 3 is 2.49 bits per heavy atom. The Kier molecular flexibility index (Phi) is 8.58. The van der Waals surface area contributed by atoms with Crippen molar-refractivity contribution in [1.29, 1.82) is 0 Å². The predicted molar refractivity (Wildman–Crippen MR) is 149 cm³/mol. The number of rotatable bonds is 6. The second-order valence-electron chi connectivity index (χ2n) is 9.07. The maximum Gasteiger partial charge on any atom is 0.256 e. The number of anilines is 1. The number of nitrogens with zero attached hydrogens (tertiary/aromatic N) is 1. The van der Waals surface area contributed by atoms with Crippen LogP contribution in [0.3, 0.4) is 0 Å². The Morgan fingerprint density at radius 2 is 1.78 bits per heavy atom. The van der Waals surface area contributed by atoms with E-state index in [0.29, 0.717) is 31.8 Å². The van der Waals surface area contributed by atoms with Crippen molar-refractivity contribution < 1.29 is 19.2 Å². The van der Waals surface area contributed by atoms with Gasteiger partial charge >= 0.3 is 0 Å². The molecule has 196 valence electrons. The van der Waals surface area contributed by atoms with E-state index in [0.717, 1.165) is 55.4 Å². The Balaban J connectivity index is 0.00000320. The molecule has 1 amide bonds. The number of halogens is 2. The predicted octanol–water partition coefficient (Wildman–Crippen LogP) is 4.75. The Labute approximate surface area is 228 Å². The van der Waals surface area contributed by atoms with Crippen molar-refractivity contribution in [1.82, 2.24) is 9.88 Å². The summed E-state index contributed by atoms with van der Waals surface area (Å²) in [7, 11) is -1.39. The smallest absolute Gasteiger partial charge is 0.256 e. The lowest BCUT2D eigenvalue weighted by Gasteiger charge is -2.26. The van der Waals surface area contributed by atoms with E-state index in [9.17, 15) is 9.00 Å². The number of aromatic amines is 1. The minimum absolute atomic E-state index is 0. The fourth-order valence-corrected chi connectivity index (χ4v) is 6.56. The first-order valence-corrected chi connectivity index (χ1v) is 13.9. The van der Waals surface area contributed by atoms with Crippen LogP contribution >= 0.6 is 23.2 Å². The molecule has 0 saturated carbocycles. The first-order valence-electron chi connectivity index (χ1n) is 11.8. The third kappa shape index (κ3) is 5.70. The standard InChI is InChI=1S/C27H27Cl2N3O3S.H2O/c1-16-21(14-32-8-10-35-11-9-32)17(2)30-26(16)13-20-19-12-18(6-7-25(19)31-27(20)33)36(34)15-22-23(28)4-3-5-24(22)29;/h3-7,12-13,30H,8-11,14-15H2,1-2H3,(H,31,33);1H2/b20-13-;. The van der Waals surface area contributed by atoms with Crippen LogP contribution in [0.25, 0.3) is 11.6 Å². The maximum absolute atomic E-state index is 13.2. The molecule has 0 bridgehead atoms. The van der Waals surface area contributed by atoms with E-state index < -0.39 is 10.8 Å². The molecule has 3 heterocycles. The van der Waals surface area contributed by atoms with Crippen LogP contribution in [0.2, 0.25) is 10.0 Å². The van der Waals surface area contributed by atoms with E-state index in [1.54, 1.807) is 30.3 Å². The fourth-order valence-electron chi connectivity index (χ4n) is 4.66. The molecule has 0 aliphatic carbocycles. The van der Waals surface area contributed by atoms with Gasteiger partial charge in [-0.25, -0.2) is 0 Å². The van der Waals surface area contributed by atoms with Gasteiger partial charge in [0.2, 0.25) is 0 Å². The molecule has 10 heteroatoms. The van der Waals surface area contributed by atoms with Gasteiger partial charge in [-0.05, 0) is 61.4 Å². The third-order valence-corrected chi connectivity index (χ3v) is 8.82. The number of nitrogens with one attached hydrogen (secondary N) is 2. The average molecular weight is 563 g/mol. The number of ether oxygens (including phenoxy) is 1. The maximum atomic E-state index is 13.2. The fraction of sp³-hybridized carbons (Fsp3) is 0.296. The summed E-state index contributed by atoms with van der Waals surface area (Å²) in [6, 6.07) is 10.6. The first-order chi connectivity index (χ1) is 17.3. The van der Waals surface area contributed by atoms with Crippen molar-refractivity contribution in [3.05, 3.63) is 80.1 Å². The largest absolute Gasteiger partial charge is 0.412 e. The summed E-state index contributed by atoms with van der Waals surface area (Å²) in [5, 5.41) is 3.90. The summed E-state index contributed by atoms with van der Waals surface area (Å²) in [6.07, 6.45) is 1.89. The highest BCUT2D eigenvalue weighted by atomic mass is 35.5.